The molecule has 0 saturated carbocycles. The lowest BCUT2D eigenvalue weighted by Crippen LogP contribution is -2.38. The van der Waals surface area contributed by atoms with Crippen LogP contribution in [0.25, 0.3) is 0 Å². The molecule has 8 heteroatoms. The minimum absolute atomic E-state index is 0.183. The zero-order chi connectivity index (χ0) is 31.7. The molecule has 0 aliphatic carbocycles. The fraction of sp³-hybridized carbons (Fsp3) is 0.278. The summed E-state index contributed by atoms with van der Waals surface area (Å²) in [5.41, 5.74) is 6.02. The van der Waals surface area contributed by atoms with Crippen molar-refractivity contribution in [2.45, 2.75) is 26.9 Å². The van der Waals surface area contributed by atoms with Gasteiger partial charge in [0.1, 0.15) is 13.1 Å². The third-order valence-corrected chi connectivity index (χ3v) is 7.85. The van der Waals surface area contributed by atoms with Crippen LogP contribution in [0.5, 0.6) is 0 Å². The normalized spacial score (nSPS) is 11.9. The van der Waals surface area contributed by atoms with Gasteiger partial charge in [0.15, 0.2) is 0 Å². The molecule has 0 radical (unpaired) electrons. The van der Waals surface area contributed by atoms with Gasteiger partial charge in [0, 0.05) is 33.6 Å². The molecule has 4 rings (SSSR count). The molecule has 0 aromatic heterocycles. The molecule has 0 unspecified atom stereocenters. The van der Waals surface area contributed by atoms with Crippen LogP contribution >= 0.6 is 0 Å². The van der Waals surface area contributed by atoms with Gasteiger partial charge in [0.05, 0.1) is 52.7 Å². The lowest BCUT2D eigenvalue weighted by atomic mass is 10.1. The number of azo groups is 1. The van der Waals surface area contributed by atoms with Crippen LogP contribution in [0.2, 0.25) is 0 Å². The molecule has 8 nitrogen and oxygen atoms in total. The van der Waals surface area contributed by atoms with Crippen LogP contribution in [0.4, 0.5) is 22.7 Å². The topological polar surface area (TPSA) is 82.9 Å². The lowest BCUT2D eigenvalue weighted by molar-refractivity contribution is -0.901. The summed E-state index contributed by atoms with van der Waals surface area (Å²) in [5.74, 6) is -0.367. The van der Waals surface area contributed by atoms with Crippen LogP contribution in [-0.2, 0) is 13.1 Å². The average molecular weight is 593 g/mol. The highest BCUT2D eigenvalue weighted by Crippen LogP contribution is 2.24. The summed E-state index contributed by atoms with van der Waals surface area (Å²) in [7, 11) is 8.76. The average Bonchev–Trinajstić information content (AvgIpc) is 3.01. The number of nitrogens with zero attached hydrogens (tertiary/aromatic N) is 4. The predicted molar refractivity (Wildman–Crippen MR) is 179 cm³/mol. The van der Waals surface area contributed by atoms with E-state index in [1.807, 2.05) is 84.9 Å². The molecule has 0 aliphatic heterocycles. The maximum absolute atomic E-state index is 12.9. The first-order valence-corrected chi connectivity index (χ1v) is 15.0. The number of amides is 2. The van der Waals surface area contributed by atoms with E-state index >= 15 is 0 Å². The molecule has 0 fully saturated rings. The zero-order valence-corrected chi connectivity index (χ0v) is 26.7. The lowest BCUT2D eigenvalue weighted by Gasteiger charge is -2.28. The van der Waals surface area contributed by atoms with E-state index in [4.69, 9.17) is 0 Å². The molecule has 0 heterocycles. The van der Waals surface area contributed by atoms with E-state index in [2.05, 4.69) is 62.9 Å². The van der Waals surface area contributed by atoms with Gasteiger partial charge in [-0.2, -0.15) is 10.2 Å². The van der Waals surface area contributed by atoms with Crippen molar-refractivity contribution in [3.63, 3.8) is 0 Å². The van der Waals surface area contributed by atoms with Crippen LogP contribution < -0.4 is 10.6 Å². The number of carbonyl (C=O) groups is 2. The summed E-state index contributed by atoms with van der Waals surface area (Å²) in [4.78, 5) is 25.7. The van der Waals surface area contributed by atoms with E-state index < -0.39 is 0 Å². The van der Waals surface area contributed by atoms with Crippen LogP contribution in [0.1, 0.15) is 45.7 Å². The Kier molecular flexibility index (Phi) is 10.4. The van der Waals surface area contributed by atoms with Gasteiger partial charge in [-0.15, -0.1) is 0 Å². The van der Waals surface area contributed by atoms with E-state index in [9.17, 15) is 9.59 Å². The van der Waals surface area contributed by atoms with Crippen LogP contribution in [-0.4, -0.2) is 62.1 Å². The molecular formula is C36H44N6O2+2. The van der Waals surface area contributed by atoms with Crippen molar-refractivity contribution in [1.29, 1.82) is 0 Å². The van der Waals surface area contributed by atoms with E-state index in [0.29, 0.717) is 33.9 Å². The van der Waals surface area contributed by atoms with Crippen molar-refractivity contribution in [2.75, 3.05) is 51.9 Å². The van der Waals surface area contributed by atoms with Gasteiger partial charge in [-0.25, -0.2) is 0 Å². The standard InChI is InChI=1S/C36H42N6O2/c1-7-41(3,4)25-27-15-19-29(20-16-27)35(43)37-31-11-9-13-33(23-31)39-40-34-14-10-12-32(24-34)38-36(44)30-21-17-28(18-22-30)26-42(5,6)8-2/h9-24H,7-8,25-26H2,1-6H3/p+2. The Morgan fingerprint density at radius 3 is 1.27 bits per heavy atom. The van der Waals surface area contributed by atoms with Crippen molar-refractivity contribution >= 4 is 34.6 Å². The number of hydrogen-bond donors (Lipinski definition) is 2. The Hall–Kier alpha value is -4.66. The molecule has 0 aliphatic rings. The highest BCUT2D eigenvalue weighted by molar-refractivity contribution is 6.05. The van der Waals surface area contributed by atoms with E-state index in [1.54, 1.807) is 12.1 Å². The smallest absolute Gasteiger partial charge is 0.255 e. The molecule has 0 atom stereocenters. The van der Waals surface area contributed by atoms with Crippen LogP contribution in [0.15, 0.2) is 107 Å². The second-order valence-corrected chi connectivity index (χ2v) is 12.4. The Morgan fingerprint density at radius 1 is 0.568 bits per heavy atom. The first-order chi connectivity index (χ1) is 20.9. The number of quaternary nitrogens is 2. The summed E-state index contributed by atoms with van der Waals surface area (Å²) in [6, 6.07) is 29.9. The minimum atomic E-state index is -0.183. The maximum Gasteiger partial charge on any atom is 0.255 e. The number of carbonyl (C=O) groups excluding carboxylic acids is 2. The number of nitrogens with one attached hydrogen (secondary N) is 2. The largest absolute Gasteiger partial charge is 0.325 e. The highest BCUT2D eigenvalue weighted by atomic mass is 16.2. The van der Waals surface area contributed by atoms with Gasteiger partial charge >= 0.3 is 0 Å². The summed E-state index contributed by atoms with van der Waals surface area (Å²) in [6.45, 7) is 8.22. The summed E-state index contributed by atoms with van der Waals surface area (Å²) in [6.07, 6.45) is 0. The van der Waals surface area contributed by atoms with Gasteiger partial charge in [0.25, 0.3) is 11.8 Å². The molecule has 2 N–H and O–H groups in total. The molecule has 4 aromatic carbocycles. The third-order valence-electron chi connectivity index (χ3n) is 7.85. The van der Waals surface area contributed by atoms with Crippen molar-refractivity contribution in [3.8, 4) is 0 Å². The van der Waals surface area contributed by atoms with Gasteiger partial charge in [0.2, 0.25) is 0 Å². The quantitative estimate of drug-likeness (QED) is 0.130. The molecule has 0 bridgehead atoms. The van der Waals surface area contributed by atoms with Crippen molar-refractivity contribution < 1.29 is 18.6 Å². The third kappa shape index (κ3) is 9.42. The number of rotatable bonds is 12. The monoisotopic (exact) mass is 592 g/mol. The molecule has 228 valence electrons. The first kappa shape index (κ1) is 32.3. The van der Waals surface area contributed by atoms with Crippen LogP contribution in [0, 0.1) is 0 Å². The summed E-state index contributed by atoms with van der Waals surface area (Å²) < 4.78 is 1.77. The molecular weight excluding hydrogens is 548 g/mol. The molecule has 2 amide bonds. The fourth-order valence-corrected chi connectivity index (χ4v) is 4.55. The molecule has 4 aromatic rings. The Labute approximate surface area is 261 Å². The predicted octanol–water partition coefficient (Wildman–Crippen LogP) is 7.80. The molecule has 44 heavy (non-hydrogen) atoms. The molecule has 0 saturated heterocycles. The van der Waals surface area contributed by atoms with E-state index in [0.717, 1.165) is 35.1 Å². The van der Waals surface area contributed by atoms with E-state index in [1.165, 1.54) is 11.1 Å². The van der Waals surface area contributed by atoms with Crippen molar-refractivity contribution in [2.24, 2.45) is 10.2 Å². The molecule has 0 spiro atoms. The van der Waals surface area contributed by atoms with E-state index in [-0.39, 0.29) is 11.8 Å². The highest BCUT2D eigenvalue weighted by Gasteiger charge is 2.15. The first-order valence-electron chi connectivity index (χ1n) is 15.0. The number of hydrogen-bond acceptors (Lipinski definition) is 4. The maximum atomic E-state index is 12.9. The van der Waals surface area contributed by atoms with Gasteiger partial charge in [-0.3, -0.25) is 9.59 Å². The van der Waals surface area contributed by atoms with Crippen molar-refractivity contribution in [3.05, 3.63) is 119 Å². The zero-order valence-electron chi connectivity index (χ0n) is 26.7. The Morgan fingerprint density at radius 2 is 0.932 bits per heavy atom. The number of benzene rings is 4. The SMILES string of the molecule is CC[N+](C)(C)Cc1ccc(C(=O)Nc2cccc(N=Nc3cccc(NC(=O)c4ccc(C[N+](C)(C)CC)cc4)c3)c2)cc1. The second-order valence-electron chi connectivity index (χ2n) is 12.4. The second kappa shape index (κ2) is 14.2. The Balaban J connectivity index is 1.36. The Bertz CT molecular complexity index is 1490. The minimum Gasteiger partial charge on any atom is -0.325 e. The van der Waals surface area contributed by atoms with Gasteiger partial charge in [-0.1, -0.05) is 36.4 Å². The summed E-state index contributed by atoms with van der Waals surface area (Å²) >= 11 is 0. The van der Waals surface area contributed by atoms with Gasteiger partial charge in [-0.05, 0) is 74.5 Å². The van der Waals surface area contributed by atoms with Crippen molar-refractivity contribution in [1.82, 2.24) is 0 Å². The fourth-order valence-electron chi connectivity index (χ4n) is 4.55. The number of anilines is 2. The van der Waals surface area contributed by atoms with Crippen LogP contribution in [0.3, 0.4) is 0 Å². The van der Waals surface area contributed by atoms with Gasteiger partial charge < -0.3 is 19.6 Å². The summed E-state index contributed by atoms with van der Waals surface area (Å²) in [5, 5.41) is 14.6.